The summed E-state index contributed by atoms with van der Waals surface area (Å²) in [5, 5.41) is 11.0. The van der Waals surface area contributed by atoms with Crippen molar-refractivity contribution < 1.29 is 0 Å². The molecule has 2 unspecified atom stereocenters. The van der Waals surface area contributed by atoms with Gasteiger partial charge in [0.15, 0.2) is 0 Å². The van der Waals surface area contributed by atoms with Crippen molar-refractivity contribution in [2.75, 3.05) is 11.9 Å². The van der Waals surface area contributed by atoms with Gasteiger partial charge in [0.1, 0.15) is 5.82 Å². The fourth-order valence-electron chi connectivity index (χ4n) is 2.00. The van der Waals surface area contributed by atoms with Crippen LogP contribution in [0, 0.1) is 5.92 Å². The Morgan fingerprint density at radius 1 is 1.64 bits per heavy atom. The van der Waals surface area contributed by atoms with Crippen LogP contribution in [0.25, 0.3) is 0 Å². The molecule has 5 nitrogen and oxygen atoms in total. The van der Waals surface area contributed by atoms with Gasteiger partial charge in [0.25, 0.3) is 0 Å². The first-order valence-corrected chi connectivity index (χ1v) is 5.11. The van der Waals surface area contributed by atoms with Gasteiger partial charge in [0.05, 0.1) is 6.20 Å². The Hall–Kier alpha value is -1.10. The van der Waals surface area contributed by atoms with Gasteiger partial charge in [0.2, 0.25) is 0 Å². The molecule has 0 spiro atoms. The molecule has 2 atom stereocenters. The van der Waals surface area contributed by atoms with Crippen LogP contribution in [0.2, 0.25) is 0 Å². The first kappa shape index (κ1) is 9.45. The quantitative estimate of drug-likeness (QED) is 0.730. The molecule has 3 N–H and O–H groups in total. The molecule has 0 aliphatic heterocycles. The molecule has 1 aromatic heterocycles. The van der Waals surface area contributed by atoms with Gasteiger partial charge in [-0.1, -0.05) is 11.6 Å². The van der Waals surface area contributed by atoms with Crippen molar-refractivity contribution in [3.63, 3.8) is 0 Å². The number of hydrogen-bond donors (Lipinski definition) is 2. The molecule has 1 aromatic rings. The highest BCUT2D eigenvalue weighted by atomic mass is 15.4. The molecule has 2 rings (SSSR count). The Morgan fingerprint density at radius 2 is 2.50 bits per heavy atom. The zero-order valence-electron chi connectivity index (χ0n) is 8.48. The Morgan fingerprint density at radius 3 is 3.07 bits per heavy atom. The second-order valence-electron chi connectivity index (χ2n) is 3.98. The maximum Gasteiger partial charge on any atom is 0.144 e. The summed E-state index contributed by atoms with van der Waals surface area (Å²) in [6.45, 7) is 0.933. The zero-order valence-corrected chi connectivity index (χ0v) is 8.48. The number of anilines is 1. The van der Waals surface area contributed by atoms with Crippen molar-refractivity contribution in [1.82, 2.24) is 15.0 Å². The lowest BCUT2D eigenvalue weighted by Gasteiger charge is -2.16. The van der Waals surface area contributed by atoms with E-state index in [9.17, 15) is 0 Å². The topological polar surface area (TPSA) is 68.8 Å². The van der Waals surface area contributed by atoms with E-state index in [1.807, 2.05) is 7.05 Å². The van der Waals surface area contributed by atoms with Crippen LogP contribution in [-0.4, -0.2) is 27.6 Å². The number of nitrogens with one attached hydrogen (secondary N) is 1. The molecule has 1 heterocycles. The summed E-state index contributed by atoms with van der Waals surface area (Å²) in [5.41, 5.74) is 5.98. The van der Waals surface area contributed by atoms with Crippen LogP contribution in [0.4, 0.5) is 5.82 Å². The molecular formula is C9H17N5. The van der Waals surface area contributed by atoms with E-state index in [0.717, 1.165) is 18.8 Å². The number of nitrogens with zero attached hydrogens (tertiary/aromatic N) is 3. The van der Waals surface area contributed by atoms with Gasteiger partial charge < -0.3 is 11.1 Å². The van der Waals surface area contributed by atoms with Crippen LogP contribution < -0.4 is 11.1 Å². The molecule has 1 aliphatic rings. The summed E-state index contributed by atoms with van der Waals surface area (Å²) >= 11 is 0. The van der Waals surface area contributed by atoms with Crippen LogP contribution in [0.5, 0.6) is 0 Å². The van der Waals surface area contributed by atoms with Gasteiger partial charge in [0, 0.05) is 19.6 Å². The molecule has 0 amide bonds. The molecule has 14 heavy (non-hydrogen) atoms. The summed E-state index contributed by atoms with van der Waals surface area (Å²) in [6, 6.07) is 0.365. The molecule has 1 saturated carbocycles. The Bertz CT molecular complexity index is 295. The predicted molar refractivity (Wildman–Crippen MR) is 54.8 cm³/mol. The van der Waals surface area contributed by atoms with E-state index in [4.69, 9.17) is 5.73 Å². The average molecular weight is 195 g/mol. The van der Waals surface area contributed by atoms with Crippen LogP contribution in [-0.2, 0) is 7.05 Å². The molecule has 0 radical (unpaired) electrons. The summed E-state index contributed by atoms with van der Waals surface area (Å²) in [6.07, 6.45) is 5.40. The first-order valence-electron chi connectivity index (χ1n) is 5.11. The van der Waals surface area contributed by atoms with E-state index in [2.05, 4.69) is 15.6 Å². The first-order chi connectivity index (χ1) is 6.77. The fraction of sp³-hybridized carbons (Fsp3) is 0.778. The number of rotatable bonds is 3. The van der Waals surface area contributed by atoms with E-state index in [1.165, 1.54) is 12.8 Å². The monoisotopic (exact) mass is 195 g/mol. The van der Waals surface area contributed by atoms with Crippen molar-refractivity contribution in [3.05, 3.63) is 6.20 Å². The number of aromatic nitrogens is 3. The highest BCUT2D eigenvalue weighted by molar-refractivity contribution is 5.30. The highest BCUT2D eigenvalue weighted by Gasteiger charge is 2.23. The minimum Gasteiger partial charge on any atom is -0.369 e. The predicted octanol–water partition coefficient (Wildman–Crippen LogP) is 0.354. The molecule has 1 fully saturated rings. The van der Waals surface area contributed by atoms with Crippen molar-refractivity contribution in [2.24, 2.45) is 18.7 Å². The third-order valence-electron chi connectivity index (χ3n) is 2.98. The minimum absolute atomic E-state index is 0.365. The minimum atomic E-state index is 0.365. The largest absolute Gasteiger partial charge is 0.369 e. The van der Waals surface area contributed by atoms with Crippen molar-refractivity contribution in [1.29, 1.82) is 0 Å². The molecule has 0 saturated heterocycles. The second-order valence-corrected chi connectivity index (χ2v) is 3.98. The zero-order chi connectivity index (χ0) is 9.97. The molecule has 1 aliphatic carbocycles. The van der Waals surface area contributed by atoms with Crippen LogP contribution >= 0.6 is 0 Å². The van der Waals surface area contributed by atoms with E-state index < -0.39 is 0 Å². The van der Waals surface area contributed by atoms with E-state index in [-0.39, 0.29) is 0 Å². The molecule has 5 heteroatoms. The van der Waals surface area contributed by atoms with Crippen LogP contribution in [0.1, 0.15) is 19.3 Å². The fourth-order valence-corrected chi connectivity index (χ4v) is 2.00. The van der Waals surface area contributed by atoms with Gasteiger partial charge in [-0.05, 0) is 18.8 Å². The van der Waals surface area contributed by atoms with Crippen LogP contribution in [0.3, 0.4) is 0 Å². The van der Waals surface area contributed by atoms with Gasteiger partial charge >= 0.3 is 0 Å². The molecular weight excluding hydrogens is 178 g/mol. The SMILES string of the molecule is Cn1nncc1NCC1CCCC1N. The summed E-state index contributed by atoms with van der Waals surface area (Å²) in [7, 11) is 1.88. The maximum atomic E-state index is 5.98. The Labute approximate surface area is 83.7 Å². The lowest BCUT2D eigenvalue weighted by Crippen LogP contribution is -2.30. The standard InChI is InChI=1S/C9H17N5/c1-14-9(6-12-13-14)11-5-7-3-2-4-8(7)10/h6-8,11H,2-5,10H2,1H3. The van der Waals surface area contributed by atoms with E-state index in [0.29, 0.717) is 12.0 Å². The number of aryl methyl sites for hydroxylation is 1. The molecule has 78 valence electrons. The normalized spacial score (nSPS) is 26.7. The molecule has 0 bridgehead atoms. The Balaban J connectivity index is 1.85. The van der Waals surface area contributed by atoms with Crippen molar-refractivity contribution in [3.8, 4) is 0 Å². The molecule has 0 aromatic carbocycles. The van der Waals surface area contributed by atoms with Gasteiger partial charge in [-0.2, -0.15) is 0 Å². The second kappa shape index (κ2) is 3.96. The van der Waals surface area contributed by atoms with Crippen molar-refractivity contribution >= 4 is 5.82 Å². The average Bonchev–Trinajstić information content (AvgIpc) is 2.72. The van der Waals surface area contributed by atoms with Gasteiger partial charge in [-0.15, -0.1) is 5.10 Å². The number of hydrogen-bond acceptors (Lipinski definition) is 4. The number of nitrogens with two attached hydrogens (primary N) is 1. The van der Waals surface area contributed by atoms with Gasteiger partial charge in [-0.3, -0.25) is 0 Å². The lowest BCUT2D eigenvalue weighted by atomic mass is 10.1. The third-order valence-corrected chi connectivity index (χ3v) is 2.98. The highest BCUT2D eigenvalue weighted by Crippen LogP contribution is 2.23. The lowest BCUT2D eigenvalue weighted by molar-refractivity contribution is 0.503. The Kier molecular flexibility index (Phi) is 2.67. The smallest absolute Gasteiger partial charge is 0.144 e. The summed E-state index contributed by atoms with van der Waals surface area (Å²) in [4.78, 5) is 0. The van der Waals surface area contributed by atoms with E-state index in [1.54, 1.807) is 10.9 Å². The third kappa shape index (κ3) is 1.87. The summed E-state index contributed by atoms with van der Waals surface area (Å²) in [5.74, 6) is 1.56. The maximum absolute atomic E-state index is 5.98. The van der Waals surface area contributed by atoms with Gasteiger partial charge in [-0.25, -0.2) is 4.68 Å². The summed E-state index contributed by atoms with van der Waals surface area (Å²) < 4.78 is 1.74. The van der Waals surface area contributed by atoms with Crippen LogP contribution in [0.15, 0.2) is 6.20 Å². The van der Waals surface area contributed by atoms with E-state index >= 15 is 0 Å². The van der Waals surface area contributed by atoms with Crippen molar-refractivity contribution in [2.45, 2.75) is 25.3 Å².